The first-order valence-corrected chi connectivity index (χ1v) is 3.71. The van der Waals surface area contributed by atoms with E-state index in [1.807, 2.05) is 6.92 Å². The number of hydrogen-bond acceptors (Lipinski definition) is 3. The second kappa shape index (κ2) is 2.55. The van der Waals surface area contributed by atoms with Gasteiger partial charge in [-0.05, 0) is 6.92 Å². The molecule has 0 aromatic carbocycles. The van der Waals surface area contributed by atoms with Crippen molar-refractivity contribution >= 4 is 11.6 Å². The number of aryl methyl sites for hydroxylation is 1. The highest BCUT2D eigenvalue weighted by Crippen LogP contribution is 2.05. The second-order valence-electron chi connectivity index (χ2n) is 2.71. The summed E-state index contributed by atoms with van der Waals surface area (Å²) < 4.78 is 1.69. The van der Waals surface area contributed by atoms with Crippen molar-refractivity contribution in [1.82, 2.24) is 14.4 Å². The molecule has 0 fully saturated rings. The third-order valence-electron chi connectivity index (χ3n) is 1.80. The number of hydrogen-bond donors (Lipinski definition) is 1. The Balaban J connectivity index is 2.72. The molecule has 2 aromatic rings. The molecule has 2 rings (SSSR count). The molecule has 0 unspecified atom stereocenters. The molecular weight excluding hydrogens is 170 g/mol. The summed E-state index contributed by atoms with van der Waals surface area (Å²) in [5.41, 5.74) is 1.57. The lowest BCUT2D eigenvalue weighted by molar-refractivity contribution is 0.0690. The Hall–Kier alpha value is -1.91. The zero-order valence-corrected chi connectivity index (χ0v) is 6.93. The van der Waals surface area contributed by atoms with Gasteiger partial charge in [0.05, 0.1) is 6.20 Å². The first kappa shape index (κ1) is 7.72. The van der Waals surface area contributed by atoms with Crippen molar-refractivity contribution in [2.75, 3.05) is 0 Å². The largest absolute Gasteiger partial charge is 0.476 e. The van der Waals surface area contributed by atoms with Crippen molar-refractivity contribution in [3.63, 3.8) is 0 Å². The van der Waals surface area contributed by atoms with Gasteiger partial charge in [0.1, 0.15) is 0 Å². The van der Waals surface area contributed by atoms with Crippen LogP contribution in [0.1, 0.15) is 16.2 Å². The minimum Gasteiger partial charge on any atom is -0.476 e. The number of rotatable bonds is 1. The average Bonchev–Trinajstić information content (AvgIpc) is 2.47. The van der Waals surface area contributed by atoms with E-state index in [9.17, 15) is 4.79 Å². The smallest absolute Gasteiger partial charge is 0.356 e. The molecule has 5 heteroatoms. The number of imidazole rings is 1. The second-order valence-corrected chi connectivity index (χ2v) is 2.71. The van der Waals surface area contributed by atoms with Crippen LogP contribution < -0.4 is 0 Å². The molecule has 0 aliphatic heterocycles. The molecule has 13 heavy (non-hydrogen) atoms. The quantitative estimate of drug-likeness (QED) is 0.697. The van der Waals surface area contributed by atoms with Crippen molar-refractivity contribution in [3.05, 3.63) is 30.0 Å². The van der Waals surface area contributed by atoms with Gasteiger partial charge in [0.25, 0.3) is 0 Å². The maximum absolute atomic E-state index is 10.6. The zero-order chi connectivity index (χ0) is 9.42. The summed E-state index contributed by atoms with van der Waals surface area (Å²) in [6.07, 6.45) is 4.57. The highest BCUT2D eigenvalue weighted by Gasteiger charge is 2.06. The van der Waals surface area contributed by atoms with Gasteiger partial charge in [-0.15, -0.1) is 0 Å². The number of nitrogens with zero attached hydrogens (tertiary/aromatic N) is 3. The van der Waals surface area contributed by atoms with Gasteiger partial charge in [0.2, 0.25) is 0 Å². The van der Waals surface area contributed by atoms with Gasteiger partial charge >= 0.3 is 5.97 Å². The van der Waals surface area contributed by atoms with Crippen LogP contribution in [0.15, 0.2) is 18.6 Å². The lowest BCUT2D eigenvalue weighted by atomic mass is 10.4. The Kier molecular flexibility index (Phi) is 1.51. The first-order valence-electron chi connectivity index (χ1n) is 3.71. The highest BCUT2D eigenvalue weighted by molar-refractivity contribution is 5.85. The van der Waals surface area contributed by atoms with Crippen molar-refractivity contribution in [2.45, 2.75) is 6.92 Å². The van der Waals surface area contributed by atoms with Gasteiger partial charge in [-0.1, -0.05) is 0 Å². The van der Waals surface area contributed by atoms with E-state index >= 15 is 0 Å². The van der Waals surface area contributed by atoms with Crippen molar-refractivity contribution in [3.8, 4) is 0 Å². The summed E-state index contributed by atoms with van der Waals surface area (Å²) >= 11 is 0. The van der Waals surface area contributed by atoms with Crippen LogP contribution in [0, 0.1) is 6.92 Å². The summed E-state index contributed by atoms with van der Waals surface area (Å²) in [4.78, 5) is 18.3. The molecule has 0 amide bonds. The third kappa shape index (κ3) is 1.14. The normalized spacial score (nSPS) is 10.5. The average molecular weight is 177 g/mol. The van der Waals surface area contributed by atoms with Crippen LogP contribution in [0.25, 0.3) is 5.65 Å². The molecule has 2 aromatic heterocycles. The minimum absolute atomic E-state index is 0.0219. The van der Waals surface area contributed by atoms with Crippen molar-refractivity contribution < 1.29 is 9.90 Å². The highest BCUT2D eigenvalue weighted by atomic mass is 16.4. The molecule has 5 nitrogen and oxygen atoms in total. The molecule has 0 aliphatic rings. The van der Waals surface area contributed by atoms with E-state index in [1.165, 1.54) is 12.4 Å². The van der Waals surface area contributed by atoms with Crippen molar-refractivity contribution in [1.29, 1.82) is 0 Å². The Morgan fingerprint density at radius 2 is 2.23 bits per heavy atom. The van der Waals surface area contributed by atoms with Crippen LogP contribution in [0.2, 0.25) is 0 Å². The van der Waals surface area contributed by atoms with Gasteiger partial charge in [-0.25, -0.2) is 14.8 Å². The molecule has 0 atom stereocenters. The van der Waals surface area contributed by atoms with E-state index in [2.05, 4.69) is 9.97 Å². The molecular formula is C8H7N3O2. The standard InChI is InChI=1S/C8H7N3O2/c1-5-2-10-7-3-9-6(8(12)13)4-11(5)7/h2-4H,1H3,(H,12,13). The van der Waals surface area contributed by atoms with Crippen LogP contribution in [-0.2, 0) is 0 Å². The van der Waals surface area contributed by atoms with Crippen LogP contribution >= 0.6 is 0 Å². The maximum atomic E-state index is 10.6. The van der Waals surface area contributed by atoms with Crippen LogP contribution in [0.5, 0.6) is 0 Å². The monoisotopic (exact) mass is 177 g/mol. The number of fused-ring (bicyclic) bond motifs is 1. The number of aromatic carboxylic acids is 1. The van der Waals surface area contributed by atoms with Crippen molar-refractivity contribution in [2.24, 2.45) is 0 Å². The lowest BCUT2D eigenvalue weighted by Crippen LogP contribution is -2.02. The van der Waals surface area contributed by atoms with Gasteiger partial charge in [-0.2, -0.15) is 0 Å². The fraction of sp³-hybridized carbons (Fsp3) is 0.125. The predicted molar refractivity (Wildman–Crippen MR) is 44.7 cm³/mol. The molecule has 1 N–H and O–H groups in total. The number of carboxylic acid groups (broad SMARTS) is 1. The molecule has 0 saturated carbocycles. The van der Waals surface area contributed by atoms with E-state index in [4.69, 9.17) is 5.11 Å². The zero-order valence-electron chi connectivity index (χ0n) is 6.93. The van der Waals surface area contributed by atoms with Crippen LogP contribution in [0.4, 0.5) is 0 Å². The number of aromatic nitrogens is 3. The first-order chi connectivity index (χ1) is 6.18. The van der Waals surface area contributed by atoms with Gasteiger partial charge in [0.15, 0.2) is 11.3 Å². The van der Waals surface area contributed by atoms with E-state index in [1.54, 1.807) is 10.6 Å². The third-order valence-corrected chi connectivity index (χ3v) is 1.80. The van der Waals surface area contributed by atoms with E-state index < -0.39 is 5.97 Å². The summed E-state index contributed by atoms with van der Waals surface area (Å²) in [7, 11) is 0. The molecule has 2 heterocycles. The number of carbonyl (C=O) groups is 1. The predicted octanol–water partition coefficient (Wildman–Crippen LogP) is 0.736. The Morgan fingerprint density at radius 1 is 1.46 bits per heavy atom. The molecule has 0 bridgehead atoms. The van der Waals surface area contributed by atoms with E-state index in [-0.39, 0.29) is 5.69 Å². The molecule has 0 aliphatic carbocycles. The topological polar surface area (TPSA) is 67.5 Å². The summed E-state index contributed by atoms with van der Waals surface area (Å²) in [6.45, 7) is 1.85. The molecule has 66 valence electrons. The summed E-state index contributed by atoms with van der Waals surface area (Å²) in [5, 5.41) is 8.68. The Bertz CT molecular complexity index is 475. The van der Waals surface area contributed by atoms with Gasteiger partial charge in [0, 0.05) is 18.1 Å². The van der Waals surface area contributed by atoms with Crippen LogP contribution in [0.3, 0.4) is 0 Å². The fourth-order valence-electron chi connectivity index (χ4n) is 1.12. The fourth-order valence-corrected chi connectivity index (χ4v) is 1.12. The SMILES string of the molecule is Cc1cnc2cnc(C(=O)O)cn12. The van der Waals surface area contributed by atoms with E-state index in [0.29, 0.717) is 5.65 Å². The number of carboxylic acids is 1. The molecule has 0 spiro atoms. The minimum atomic E-state index is -1.03. The summed E-state index contributed by atoms with van der Waals surface area (Å²) in [6, 6.07) is 0. The van der Waals surface area contributed by atoms with E-state index in [0.717, 1.165) is 5.69 Å². The lowest BCUT2D eigenvalue weighted by Gasteiger charge is -1.97. The molecule has 0 radical (unpaired) electrons. The Morgan fingerprint density at radius 3 is 2.92 bits per heavy atom. The maximum Gasteiger partial charge on any atom is 0.356 e. The molecule has 0 saturated heterocycles. The Labute approximate surface area is 73.7 Å². The van der Waals surface area contributed by atoms with Crippen LogP contribution in [-0.4, -0.2) is 25.4 Å². The summed E-state index contributed by atoms with van der Waals surface area (Å²) in [5.74, 6) is -1.03. The van der Waals surface area contributed by atoms with Gasteiger partial charge in [-0.3, -0.25) is 0 Å². The van der Waals surface area contributed by atoms with Gasteiger partial charge < -0.3 is 9.51 Å².